The number of nitrogens with one attached hydrogen (secondary N) is 2. The Kier molecular flexibility index (Phi) is 5.42. The summed E-state index contributed by atoms with van der Waals surface area (Å²) in [6.07, 6.45) is 1.90. The fourth-order valence-electron chi connectivity index (χ4n) is 1.33. The van der Waals surface area contributed by atoms with Crippen molar-refractivity contribution in [2.75, 3.05) is 11.9 Å². The molecule has 5 heteroatoms. The maximum Gasteiger partial charge on any atom is 0.319 e. The number of benzene rings is 1. The van der Waals surface area contributed by atoms with E-state index in [1.165, 1.54) is 12.1 Å². The molecular formula is C12H18FN3O. The Balaban J connectivity index is 2.53. The van der Waals surface area contributed by atoms with Gasteiger partial charge in [0.05, 0.1) is 5.69 Å². The molecule has 2 amide bonds. The van der Waals surface area contributed by atoms with E-state index in [0.29, 0.717) is 12.1 Å². The Morgan fingerprint density at radius 2 is 2.24 bits per heavy atom. The van der Waals surface area contributed by atoms with Crippen molar-refractivity contribution in [3.8, 4) is 0 Å². The molecule has 0 atom stereocenters. The van der Waals surface area contributed by atoms with Crippen LogP contribution in [0.2, 0.25) is 0 Å². The Bertz CT molecular complexity index is 382. The van der Waals surface area contributed by atoms with Crippen molar-refractivity contribution in [3.05, 3.63) is 29.6 Å². The van der Waals surface area contributed by atoms with E-state index < -0.39 is 11.8 Å². The van der Waals surface area contributed by atoms with E-state index in [4.69, 9.17) is 5.73 Å². The first-order valence-electron chi connectivity index (χ1n) is 5.70. The summed E-state index contributed by atoms with van der Waals surface area (Å²) in [4.78, 5) is 11.4. The van der Waals surface area contributed by atoms with Crippen LogP contribution in [0.1, 0.15) is 25.3 Å². The number of amides is 2. The average molecular weight is 239 g/mol. The summed E-state index contributed by atoms with van der Waals surface area (Å²) >= 11 is 0. The number of rotatable bonds is 5. The topological polar surface area (TPSA) is 67.2 Å². The van der Waals surface area contributed by atoms with Gasteiger partial charge in [0.15, 0.2) is 0 Å². The van der Waals surface area contributed by atoms with Crippen LogP contribution in [0, 0.1) is 5.82 Å². The standard InChI is InChI=1S/C12H18FN3O/c1-2-3-6-15-12(17)16-11-5-4-9(8-14)7-10(11)13/h4-5,7H,2-3,6,8,14H2,1H3,(H2,15,16,17). The predicted molar refractivity (Wildman–Crippen MR) is 66.2 cm³/mol. The second-order valence-corrected chi connectivity index (χ2v) is 3.75. The molecule has 0 saturated carbocycles. The molecule has 0 unspecified atom stereocenters. The fraction of sp³-hybridized carbons (Fsp3) is 0.417. The number of carbonyl (C=O) groups is 1. The monoisotopic (exact) mass is 239 g/mol. The van der Waals surface area contributed by atoms with E-state index in [0.717, 1.165) is 12.8 Å². The summed E-state index contributed by atoms with van der Waals surface area (Å²) in [7, 11) is 0. The highest BCUT2D eigenvalue weighted by Gasteiger charge is 2.06. The third-order valence-corrected chi connectivity index (χ3v) is 2.33. The quantitative estimate of drug-likeness (QED) is 0.689. The lowest BCUT2D eigenvalue weighted by molar-refractivity contribution is 0.252. The molecule has 0 fully saturated rings. The highest BCUT2D eigenvalue weighted by atomic mass is 19.1. The summed E-state index contributed by atoms with van der Waals surface area (Å²) in [6.45, 7) is 2.90. The number of carbonyl (C=O) groups excluding carboxylic acids is 1. The number of hydrogen-bond donors (Lipinski definition) is 3. The third-order valence-electron chi connectivity index (χ3n) is 2.33. The van der Waals surface area contributed by atoms with E-state index in [2.05, 4.69) is 10.6 Å². The van der Waals surface area contributed by atoms with Crippen LogP contribution >= 0.6 is 0 Å². The molecule has 0 radical (unpaired) electrons. The summed E-state index contributed by atoms with van der Waals surface area (Å²) < 4.78 is 13.5. The minimum atomic E-state index is -0.474. The summed E-state index contributed by atoms with van der Waals surface area (Å²) in [5.41, 5.74) is 6.24. The summed E-state index contributed by atoms with van der Waals surface area (Å²) in [5.74, 6) is -0.474. The first-order valence-corrected chi connectivity index (χ1v) is 5.70. The van der Waals surface area contributed by atoms with Gasteiger partial charge in [-0.1, -0.05) is 19.4 Å². The smallest absolute Gasteiger partial charge is 0.319 e. The number of halogens is 1. The molecule has 4 nitrogen and oxygen atoms in total. The molecular weight excluding hydrogens is 221 g/mol. The van der Waals surface area contributed by atoms with Gasteiger partial charge in [0.25, 0.3) is 0 Å². The largest absolute Gasteiger partial charge is 0.338 e. The maximum absolute atomic E-state index is 13.5. The number of urea groups is 1. The maximum atomic E-state index is 13.5. The van der Waals surface area contributed by atoms with Crippen LogP contribution in [0.3, 0.4) is 0 Å². The molecule has 1 rings (SSSR count). The second kappa shape index (κ2) is 6.85. The number of nitrogens with two attached hydrogens (primary N) is 1. The Morgan fingerprint density at radius 1 is 1.47 bits per heavy atom. The molecule has 1 aromatic carbocycles. The molecule has 0 saturated heterocycles. The zero-order chi connectivity index (χ0) is 12.7. The van der Waals surface area contributed by atoms with Crippen molar-refractivity contribution in [1.29, 1.82) is 0 Å². The molecule has 0 aliphatic heterocycles. The lowest BCUT2D eigenvalue weighted by Gasteiger charge is -2.08. The van der Waals surface area contributed by atoms with Crippen LogP contribution in [-0.4, -0.2) is 12.6 Å². The highest BCUT2D eigenvalue weighted by molar-refractivity contribution is 5.89. The Hall–Kier alpha value is -1.62. The van der Waals surface area contributed by atoms with Gasteiger partial charge in [-0.3, -0.25) is 0 Å². The Morgan fingerprint density at radius 3 is 2.82 bits per heavy atom. The number of hydrogen-bond acceptors (Lipinski definition) is 2. The molecule has 0 aliphatic rings. The van der Waals surface area contributed by atoms with Gasteiger partial charge >= 0.3 is 6.03 Å². The predicted octanol–water partition coefficient (Wildman–Crippen LogP) is 2.21. The Labute approximate surface area is 100 Å². The lowest BCUT2D eigenvalue weighted by Crippen LogP contribution is -2.29. The number of unbranched alkanes of at least 4 members (excludes halogenated alkanes) is 1. The van der Waals surface area contributed by atoms with Gasteiger partial charge in [0.2, 0.25) is 0 Å². The van der Waals surface area contributed by atoms with Gasteiger partial charge in [-0.05, 0) is 24.1 Å². The minimum Gasteiger partial charge on any atom is -0.338 e. The number of anilines is 1. The van der Waals surface area contributed by atoms with Gasteiger partial charge in [-0.2, -0.15) is 0 Å². The van der Waals surface area contributed by atoms with Crippen LogP contribution in [0.4, 0.5) is 14.9 Å². The molecule has 17 heavy (non-hydrogen) atoms. The summed E-state index contributed by atoms with van der Waals surface area (Å²) in [5, 5.41) is 5.10. The van der Waals surface area contributed by atoms with Crippen LogP contribution in [-0.2, 0) is 6.54 Å². The van der Waals surface area contributed by atoms with E-state index in [1.807, 2.05) is 6.92 Å². The van der Waals surface area contributed by atoms with Crippen molar-refractivity contribution in [2.24, 2.45) is 5.73 Å². The molecule has 1 aromatic rings. The van der Waals surface area contributed by atoms with Gasteiger partial charge < -0.3 is 16.4 Å². The molecule has 0 aliphatic carbocycles. The third kappa shape index (κ3) is 4.40. The van der Waals surface area contributed by atoms with Crippen LogP contribution < -0.4 is 16.4 Å². The van der Waals surface area contributed by atoms with Crippen LogP contribution in [0.25, 0.3) is 0 Å². The summed E-state index contributed by atoms with van der Waals surface area (Å²) in [6, 6.07) is 4.13. The van der Waals surface area contributed by atoms with E-state index >= 15 is 0 Å². The normalized spacial score (nSPS) is 10.1. The van der Waals surface area contributed by atoms with Gasteiger partial charge in [0.1, 0.15) is 5.82 Å². The molecule has 94 valence electrons. The molecule has 0 bridgehead atoms. The van der Waals surface area contributed by atoms with E-state index in [1.54, 1.807) is 6.07 Å². The molecule has 0 aromatic heterocycles. The SMILES string of the molecule is CCCCNC(=O)Nc1ccc(CN)cc1F. The van der Waals surface area contributed by atoms with Crippen LogP contribution in [0.5, 0.6) is 0 Å². The second-order valence-electron chi connectivity index (χ2n) is 3.75. The van der Waals surface area contributed by atoms with Crippen molar-refractivity contribution >= 4 is 11.7 Å². The van der Waals surface area contributed by atoms with Crippen LogP contribution in [0.15, 0.2) is 18.2 Å². The first-order chi connectivity index (χ1) is 8.17. The lowest BCUT2D eigenvalue weighted by atomic mass is 10.2. The highest BCUT2D eigenvalue weighted by Crippen LogP contribution is 2.15. The molecule has 4 N–H and O–H groups in total. The van der Waals surface area contributed by atoms with Crippen molar-refractivity contribution in [2.45, 2.75) is 26.3 Å². The fourth-order valence-corrected chi connectivity index (χ4v) is 1.33. The minimum absolute atomic E-state index is 0.163. The molecule has 0 spiro atoms. The molecule has 0 heterocycles. The average Bonchev–Trinajstić information content (AvgIpc) is 2.32. The van der Waals surface area contributed by atoms with E-state index in [-0.39, 0.29) is 12.2 Å². The van der Waals surface area contributed by atoms with Gasteiger partial charge in [-0.25, -0.2) is 9.18 Å². The van der Waals surface area contributed by atoms with Crippen molar-refractivity contribution in [1.82, 2.24) is 5.32 Å². The zero-order valence-corrected chi connectivity index (χ0v) is 9.92. The van der Waals surface area contributed by atoms with Crippen molar-refractivity contribution in [3.63, 3.8) is 0 Å². The van der Waals surface area contributed by atoms with E-state index in [9.17, 15) is 9.18 Å². The van der Waals surface area contributed by atoms with Crippen molar-refractivity contribution < 1.29 is 9.18 Å². The zero-order valence-electron chi connectivity index (χ0n) is 9.92. The first kappa shape index (κ1) is 13.4. The van der Waals surface area contributed by atoms with Gasteiger partial charge in [0, 0.05) is 13.1 Å². The van der Waals surface area contributed by atoms with Gasteiger partial charge in [-0.15, -0.1) is 0 Å².